The van der Waals surface area contributed by atoms with Crippen LogP contribution in [0.4, 0.5) is 0 Å². The lowest BCUT2D eigenvalue weighted by Gasteiger charge is -2.06. The highest BCUT2D eigenvalue weighted by Gasteiger charge is 2.03. The number of rotatable bonds is 23. The van der Waals surface area contributed by atoms with E-state index in [-0.39, 0.29) is 5.97 Å². The minimum Gasteiger partial charge on any atom is -0.466 e. The zero-order valence-electron chi connectivity index (χ0n) is 21.3. The summed E-state index contributed by atoms with van der Waals surface area (Å²) in [5, 5.41) is 0. The van der Waals surface area contributed by atoms with Crippen molar-refractivity contribution in [3.63, 3.8) is 0 Å². The Labute approximate surface area is 190 Å². The predicted molar refractivity (Wildman–Crippen MR) is 133 cm³/mol. The van der Waals surface area contributed by atoms with Gasteiger partial charge in [0.05, 0.1) is 6.61 Å². The molecule has 0 rings (SSSR count). The number of ether oxygens (including phenoxy) is 1. The summed E-state index contributed by atoms with van der Waals surface area (Å²) in [5.41, 5.74) is 0. The lowest BCUT2D eigenvalue weighted by Crippen LogP contribution is -2.05. The van der Waals surface area contributed by atoms with Crippen LogP contribution in [-0.2, 0) is 9.53 Å². The Kier molecular flexibility index (Phi) is 22.7. The first-order valence-electron chi connectivity index (χ1n) is 13.7. The largest absolute Gasteiger partial charge is 0.466 e. The highest BCUT2D eigenvalue weighted by Crippen LogP contribution is 2.14. The third-order valence-corrected chi connectivity index (χ3v) is 6.10. The van der Waals surface area contributed by atoms with Crippen LogP contribution in [0.1, 0.15) is 156 Å². The third-order valence-electron chi connectivity index (χ3n) is 6.10. The van der Waals surface area contributed by atoms with E-state index in [1.807, 2.05) is 0 Å². The zero-order valence-corrected chi connectivity index (χ0v) is 21.3. The summed E-state index contributed by atoms with van der Waals surface area (Å²) in [6.45, 7) is 9.87. The summed E-state index contributed by atoms with van der Waals surface area (Å²) >= 11 is 0. The van der Waals surface area contributed by atoms with Crippen molar-refractivity contribution < 1.29 is 9.53 Å². The molecule has 2 heteroatoms. The molecular weight excluding hydrogens is 368 g/mol. The molecule has 0 spiro atoms. The molecule has 0 saturated heterocycles. The van der Waals surface area contributed by atoms with Crippen LogP contribution >= 0.6 is 0 Å². The maximum absolute atomic E-state index is 11.8. The SMILES string of the molecule is CC(C)CCCCCCCCCCCCC(=O)OCCCCCCCCCC(C)C. The predicted octanol–water partition coefficient (Wildman–Crippen LogP) is 9.64. The molecule has 180 valence electrons. The van der Waals surface area contributed by atoms with E-state index in [9.17, 15) is 4.79 Å². The van der Waals surface area contributed by atoms with E-state index in [0.717, 1.165) is 24.7 Å². The van der Waals surface area contributed by atoms with Crippen LogP contribution in [0.25, 0.3) is 0 Å². The second-order valence-corrected chi connectivity index (χ2v) is 10.3. The molecule has 30 heavy (non-hydrogen) atoms. The van der Waals surface area contributed by atoms with Gasteiger partial charge in [-0.1, -0.05) is 137 Å². The minimum atomic E-state index is 0.0186. The van der Waals surface area contributed by atoms with E-state index in [2.05, 4.69) is 27.7 Å². The first kappa shape index (κ1) is 29.5. The second-order valence-electron chi connectivity index (χ2n) is 10.3. The van der Waals surface area contributed by atoms with Crippen LogP contribution in [0, 0.1) is 11.8 Å². The Morgan fingerprint density at radius 2 is 0.833 bits per heavy atom. The van der Waals surface area contributed by atoms with E-state index in [4.69, 9.17) is 4.74 Å². The van der Waals surface area contributed by atoms with Gasteiger partial charge in [0.25, 0.3) is 0 Å². The summed E-state index contributed by atoms with van der Waals surface area (Å²) in [5.74, 6) is 1.73. The molecule has 0 radical (unpaired) electrons. The molecule has 2 nitrogen and oxygen atoms in total. The molecule has 0 fully saturated rings. The Balaban J connectivity index is 3.17. The Hall–Kier alpha value is -0.530. The molecule has 0 bridgehead atoms. The first-order valence-corrected chi connectivity index (χ1v) is 13.7. The summed E-state index contributed by atoms with van der Waals surface area (Å²) in [6.07, 6.45) is 25.6. The fraction of sp³-hybridized carbons (Fsp3) is 0.964. The lowest BCUT2D eigenvalue weighted by atomic mass is 10.0. The van der Waals surface area contributed by atoms with Crippen LogP contribution in [0.5, 0.6) is 0 Å². The molecule has 0 aliphatic rings. The average molecular weight is 425 g/mol. The third kappa shape index (κ3) is 25.5. The summed E-state index contributed by atoms with van der Waals surface area (Å²) in [7, 11) is 0. The fourth-order valence-electron chi connectivity index (χ4n) is 4.03. The van der Waals surface area contributed by atoms with Gasteiger partial charge in [-0.2, -0.15) is 0 Å². The molecule has 0 atom stereocenters. The topological polar surface area (TPSA) is 26.3 Å². The normalized spacial score (nSPS) is 11.5. The van der Waals surface area contributed by atoms with Crippen molar-refractivity contribution in [2.45, 2.75) is 156 Å². The minimum absolute atomic E-state index is 0.0186. The van der Waals surface area contributed by atoms with Gasteiger partial charge < -0.3 is 4.74 Å². The smallest absolute Gasteiger partial charge is 0.305 e. The van der Waals surface area contributed by atoms with E-state index in [1.165, 1.54) is 109 Å². The molecule has 0 amide bonds. The fourth-order valence-corrected chi connectivity index (χ4v) is 4.03. The molecule has 0 aromatic heterocycles. The van der Waals surface area contributed by atoms with Gasteiger partial charge in [-0.25, -0.2) is 0 Å². The summed E-state index contributed by atoms with van der Waals surface area (Å²) in [6, 6.07) is 0. The van der Waals surface area contributed by atoms with Gasteiger partial charge in [0.1, 0.15) is 0 Å². The van der Waals surface area contributed by atoms with Gasteiger partial charge in [-0.3, -0.25) is 4.79 Å². The number of hydrogen-bond donors (Lipinski definition) is 0. The van der Waals surface area contributed by atoms with Gasteiger partial charge >= 0.3 is 5.97 Å². The Bertz CT molecular complexity index is 349. The van der Waals surface area contributed by atoms with Gasteiger partial charge in [0.2, 0.25) is 0 Å². The van der Waals surface area contributed by atoms with Crippen molar-refractivity contribution in [3.05, 3.63) is 0 Å². The summed E-state index contributed by atoms with van der Waals surface area (Å²) < 4.78 is 5.38. The van der Waals surface area contributed by atoms with Crippen LogP contribution in [0.2, 0.25) is 0 Å². The maximum Gasteiger partial charge on any atom is 0.305 e. The molecule has 0 aromatic carbocycles. The quantitative estimate of drug-likeness (QED) is 0.120. The molecule has 0 saturated carbocycles. The number of esters is 1. The average Bonchev–Trinajstić information content (AvgIpc) is 2.69. The highest BCUT2D eigenvalue weighted by molar-refractivity contribution is 5.69. The van der Waals surface area contributed by atoms with Crippen LogP contribution in [0.3, 0.4) is 0 Å². The summed E-state index contributed by atoms with van der Waals surface area (Å²) in [4.78, 5) is 11.8. The standard InChI is InChI=1S/C28H56O2/c1-26(2)22-18-14-10-7-5-6-8-12-16-20-24-28(29)30-25-21-17-13-9-11-15-19-23-27(3)4/h26-27H,5-25H2,1-4H3. The Morgan fingerprint density at radius 1 is 0.500 bits per heavy atom. The molecule has 0 aromatic rings. The molecule has 0 aliphatic carbocycles. The highest BCUT2D eigenvalue weighted by atomic mass is 16.5. The molecule has 0 heterocycles. The number of unbranched alkanes of at least 4 members (excludes halogenated alkanes) is 15. The first-order chi connectivity index (χ1) is 14.5. The van der Waals surface area contributed by atoms with Crippen molar-refractivity contribution in [2.75, 3.05) is 6.61 Å². The van der Waals surface area contributed by atoms with Crippen LogP contribution < -0.4 is 0 Å². The number of carbonyl (C=O) groups is 1. The lowest BCUT2D eigenvalue weighted by molar-refractivity contribution is -0.143. The van der Waals surface area contributed by atoms with E-state index >= 15 is 0 Å². The van der Waals surface area contributed by atoms with Gasteiger partial charge in [0, 0.05) is 6.42 Å². The van der Waals surface area contributed by atoms with Crippen LogP contribution in [0.15, 0.2) is 0 Å². The van der Waals surface area contributed by atoms with E-state index in [0.29, 0.717) is 13.0 Å². The van der Waals surface area contributed by atoms with Crippen LogP contribution in [-0.4, -0.2) is 12.6 Å². The molecule has 0 N–H and O–H groups in total. The van der Waals surface area contributed by atoms with Gasteiger partial charge in [-0.05, 0) is 24.7 Å². The second kappa shape index (κ2) is 23.1. The van der Waals surface area contributed by atoms with Gasteiger partial charge in [0.15, 0.2) is 0 Å². The van der Waals surface area contributed by atoms with E-state index in [1.54, 1.807) is 0 Å². The Morgan fingerprint density at radius 3 is 1.23 bits per heavy atom. The molecular formula is C28H56O2. The maximum atomic E-state index is 11.8. The van der Waals surface area contributed by atoms with Crippen molar-refractivity contribution in [2.24, 2.45) is 11.8 Å². The van der Waals surface area contributed by atoms with Crippen molar-refractivity contribution >= 4 is 5.97 Å². The van der Waals surface area contributed by atoms with Crippen molar-refractivity contribution in [1.82, 2.24) is 0 Å². The van der Waals surface area contributed by atoms with Crippen molar-refractivity contribution in [1.29, 1.82) is 0 Å². The monoisotopic (exact) mass is 424 g/mol. The van der Waals surface area contributed by atoms with Crippen molar-refractivity contribution in [3.8, 4) is 0 Å². The van der Waals surface area contributed by atoms with E-state index < -0.39 is 0 Å². The number of hydrogen-bond acceptors (Lipinski definition) is 2. The number of carbonyl (C=O) groups excluding carboxylic acids is 1. The molecule has 0 aliphatic heterocycles. The van der Waals surface area contributed by atoms with Gasteiger partial charge in [-0.15, -0.1) is 0 Å². The zero-order chi connectivity index (χ0) is 22.3. The molecule has 0 unspecified atom stereocenters.